The Labute approximate surface area is 287 Å². The lowest BCUT2D eigenvalue weighted by molar-refractivity contribution is 0.154. The Hall–Kier alpha value is -1.24. The highest BCUT2D eigenvalue weighted by Gasteiger charge is 2.06. The molecule has 0 aromatic heterocycles. The van der Waals surface area contributed by atoms with Gasteiger partial charge in [-0.2, -0.15) is 0 Å². The number of hydrogen-bond acceptors (Lipinski definition) is 5. The van der Waals surface area contributed by atoms with Gasteiger partial charge in [0.25, 0.3) is 0 Å². The normalized spacial score (nSPS) is 13.9. The number of aliphatic hydroxyl groups excluding tert-OH is 2. The summed E-state index contributed by atoms with van der Waals surface area (Å²) in [6, 6.07) is 0. The van der Waals surface area contributed by atoms with Crippen LogP contribution in [-0.2, 0) is 0 Å². The Morgan fingerprint density at radius 2 is 0.826 bits per heavy atom. The molecule has 0 heterocycles. The number of rotatable bonds is 36. The summed E-state index contributed by atoms with van der Waals surface area (Å²) in [5.41, 5.74) is 0. The van der Waals surface area contributed by atoms with Crippen molar-refractivity contribution in [2.24, 2.45) is 0 Å². The molecule has 0 radical (unpaired) electrons. The van der Waals surface area contributed by atoms with Crippen LogP contribution in [-0.4, -0.2) is 73.6 Å². The predicted octanol–water partition coefficient (Wildman–Crippen LogP) is 9.67. The molecule has 0 aliphatic rings. The summed E-state index contributed by atoms with van der Waals surface area (Å²) < 4.78 is 0. The molecule has 2 atom stereocenters. The number of nitrogens with zero attached hydrogens (tertiary/aromatic N) is 1. The molecule has 0 saturated carbocycles. The molecule has 0 aliphatic carbocycles. The van der Waals surface area contributed by atoms with E-state index in [1.165, 1.54) is 103 Å². The fourth-order valence-electron chi connectivity index (χ4n) is 5.42. The zero-order chi connectivity index (χ0) is 33.6. The predicted molar refractivity (Wildman–Crippen MR) is 205 cm³/mol. The minimum Gasteiger partial charge on any atom is -0.392 e. The Balaban J connectivity index is 3.46. The lowest BCUT2D eigenvalue weighted by Gasteiger charge is -2.19. The molecule has 0 spiro atoms. The van der Waals surface area contributed by atoms with E-state index >= 15 is 0 Å². The lowest BCUT2D eigenvalue weighted by atomic mass is 10.1. The summed E-state index contributed by atoms with van der Waals surface area (Å²) in [6.45, 7) is 9.57. The molecule has 5 nitrogen and oxygen atoms in total. The second-order valence-corrected chi connectivity index (χ2v) is 13.4. The highest BCUT2D eigenvalue weighted by molar-refractivity contribution is 4.93. The van der Waals surface area contributed by atoms with Gasteiger partial charge in [-0.3, -0.25) is 0 Å². The average molecular weight is 646 g/mol. The van der Waals surface area contributed by atoms with Crippen LogP contribution < -0.4 is 10.6 Å². The first-order valence-electron chi connectivity index (χ1n) is 19.7. The summed E-state index contributed by atoms with van der Waals surface area (Å²) >= 11 is 0. The summed E-state index contributed by atoms with van der Waals surface area (Å²) in [6.07, 6.45) is 44.3. The largest absolute Gasteiger partial charge is 0.392 e. The minimum absolute atomic E-state index is 0.244. The topological polar surface area (TPSA) is 67.8 Å². The molecule has 5 heteroatoms. The smallest absolute Gasteiger partial charge is 0.0664 e. The third kappa shape index (κ3) is 37.2. The van der Waals surface area contributed by atoms with E-state index in [-0.39, 0.29) is 12.2 Å². The zero-order valence-electron chi connectivity index (χ0n) is 30.9. The minimum atomic E-state index is -0.244. The molecule has 270 valence electrons. The van der Waals surface area contributed by atoms with Crippen molar-refractivity contribution in [2.45, 2.75) is 167 Å². The Morgan fingerprint density at radius 1 is 0.478 bits per heavy atom. The third-order valence-electron chi connectivity index (χ3n) is 8.58. The van der Waals surface area contributed by atoms with E-state index in [9.17, 15) is 10.2 Å². The van der Waals surface area contributed by atoms with Crippen molar-refractivity contribution in [3.05, 3.63) is 48.6 Å². The van der Waals surface area contributed by atoms with Gasteiger partial charge in [-0.05, 0) is 84.1 Å². The van der Waals surface area contributed by atoms with Gasteiger partial charge < -0.3 is 25.7 Å². The number of aliphatic hydroxyl groups is 2. The zero-order valence-corrected chi connectivity index (χ0v) is 30.9. The van der Waals surface area contributed by atoms with E-state index in [0.717, 1.165) is 64.7 Å². The molecule has 0 fully saturated rings. The lowest BCUT2D eigenvalue weighted by Crippen LogP contribution is -2.38. The number of unbranched alkanes of at least 4 members (excludes halogenated alkanes) is 14. The summed E-state index contributed by atoms with van der Waals surface area (Å²) in [4.78, 5) is 2.30. The first kappa shape index (κ1) is 44.8. The maximum Gasteiger partial charge on any atom is 0.0664 e. The molecule has 0 bridgehead atoms. The second kappa shape index (κ2) is 38.2. The molecular weight excluding hydrogens is 566 g/mol. The first-order chi connectivity index (χ1) is 22.6. The highest BCUT2D eigenvalue weighted by Crippen LogP contribution is 2.10. The molecule has 0 rings (SSSR count). The van der Waals surface area contributed by atoms with E-state index in [4.69, 9.17) is 0 Å². The van der Waals surface area contributed by atoms with E-state index in [1.807, 2.05) is 0 Å². The van der Waals surface area contributed by atoms with Gasteiger partial charge >= 0.3 is 0 Å². The highest BCUT2D eigenvalue weighted by atomic mass is 16.3. The molecule has 0 amide bonds. The molecule has 0 aliphatic heterocycles. The van der Waals surface area contributed by atoms with Crippen molar-refractivity contribution in [1.29, 1.82) is 0 Å². The fourth-order valence-corrected chi connectivity index (χ4v) is 5.42. The standard InChI is InChI=1S/C41H79N3O2/c1-4-6-8-10-12-14-16-18-20-22-24-26-28-30-32-40(45)38-42-34-36-44(3)37-35-43-39-41(46)33-31-29-27-25-23-21-19-17-15-13-11-9-7-5-2/h12-15,18-21,40-43,45-46H,4-11,16-17,22-39H2,1-3H3/b14-12-,15-13-,20-18-,21-19-. The summed E-state index contributed by atoms with van der Waals surface area (Å²) in [5.74, 6) is 0. The maximum atomic E-state index is 10.3. The Morgan fingerprint density at radius 3 is 1.20 bits per heavy atom. The molecule has 46 heavy (non-hydrogen) atoms. The number of likely N-dealkylation sites (N-methyl/N-ethyl adjacent to an activating group) is 1. The van der Waals surface area contributed by atoms with Crippen LogP contribution in [0.25, 0.3) is 0 Å². The second-order valence-electron chi connectivity index (χ2n) is 13.4. The number of hydrogen-bond donors (Lipinski definition) is 4. The number of nitrogens with one attached hydrogen (secondary N) is 2. The van der Waals surface area contributed by atoms with E-state index in [2.05, 4.69) is 85.0 Å². The van der Waals surface area contributed by atoms with Crippen LogP contribution in [0.4, 0.5) is 0 Å². The summed E-state index contributed by atoms with van der Waals surface area (Å²) in [7, 11) is 2.14. The van der Waals surface area contributed by atoms with Gasteiger partial charge in [-0.15, -0.1) is 0 Å². The third-order valence-corrected chi connectivity index (χ3v) is 8.58. The van der Waals surface area contributed by atoms with Gasteiger partial charge in [0.1, 0.15) is 0 Å². The van der Waals surface area contributed by atoms with E-state index in [1.54, 1.807) is 0 Å². The van der Waals surface area contributed by atoms with Crippen molar-refractivity contribution >= 4 is 0 Å². The first-order valence-corrected chi connectivity index (χ1v) is 19.7. The van der Waals surface area contributed by atoms with Crippen LogP contribution in [0.3, 0.4) is 0 Å². The van der Waals surface area contributed by atoms with Gasteiger partial charge in [0.05, 0.1) is 12.2 Å². The maximum absolute atomic E-state index is 10.3. The molecule has 0 saturated heterocycles. The van der Waals surface area contributed by atoms with Crippen LogP contribution in [0, 0.1) is 0 Å². The van der Waals surface area contributed by atoms with Crippen molar-refractivity contribution in [3.63, 3.8) is 0 Å². The van der Waals surface area contributed by atoms with Crippen LogP contribution in [0.2, 0.25) is 0 Å². The van der Waals surface area contributed by atoms with Gasteiger partial charge in [0.15, 0.2) is 0 Å². The van der Waals surface area contributed by atoms with Crippen molar-refractivity contribution in [1.82, 2.24) is 15.5 Å². The van der Waals surface area contributed by atoms with Crippen LogP contribution in [0.1, 0.15) is 155 Å². The van der Waals surface area contributed by atoms with Gasteiger partial charge in [-0.25, -0.2) is 0 Å². The fraction of sp³-hybridized carbons (Fsp3) is 0.805. The van der Waals surface area contributed by atoms with Crippen LogP contribution >= 0.6 is 0 Å². The molecule has 4 N–H and O–H groups in total. The molecule has 0 aromatic rings. The number of allylic oxidation sites excluding steroid dienone is 8. The quantitative estimate of drug-likeness (QED) is 0.0404. The van der Waals surface area contributed by atoms with Crippen LogP contribution in [0.15, 0.2) is 48.6 Å². The average Bonchev–Trinajstić information content (AvgIpc) is 3.05. The monoisotopic (exact) mass is 646 g/mol. The Kier molecular flexibility index (Phi) is 37.2. The van der Waals surface area contributed by atoms with Gasteiger partial charge in [0.2, 0.25) is 0 Å². The molecule has 0 aromatic carbocycles. The van der Waals surface area contributed by atoms with Gasteiger partial charge in [0, 0.05) is 39.3 Å². The van der Waals surface area contributed by atoms with Gasteiger partial charge in [-0.1, -0.05) is 127 Å². The van der Waals surface area contributed by atoms with Crippen molar-refractivity contribution in [2.75, 3.05) is 46.3 Å². The van der Waals surface area contributed by atoms with Crippen molar-refractivity contribution < 1.29 is 10.2 Å². The molecule has 2 unspecified atom stereocenters. The van der Waals surface area contributed by atoms with Crippen molar-refractivity contribution in [3.8, 4) is 0 Å². The molecular formula is C41H79N3O2. The van der Waals surface area contributed by atoms with Crippen LogP contribution in [0.5, 0.6) is 0 Å². The summed E-state index contributed by atoms with van der Waals surface area (Å²) in [5, 5.41) is 27.4. The Bertz CT molecular complexity index is 648. The SMILES string of the molecule is CCCCC/C=C\C/C=C\CCCCCCC(O)CNCCN(C)CCNCC(O)CCCCCC/C=C\C/C=C\CCCCC. The van der Waals surface area contributed by atoms with E-state index in [0.29, 0.717) is 13.1 Å². The van der Waals surface area contributed by atoms with E-state index < -0.39 is 0 Å².